The summed E-state index contributed by atoms with van der Waals surface area (Å²) in [6.07, 6.45) is -0.174. The Kier molecular flexibility index (Phi) is 8.17. The van der Waals surface area contributed by atoms with Gasteiger partial charge in [-0.15, -0.1) is 0 Å². The van der Waals surface area contributed by atoms with E-state index in [4.69, 9.17) is 5.73 Å². The van der Waals surface area contributed by atoms with Crippen LogP contribution in [0, 0.1) is 0 Å². The molecule has 1 fully saturated rings. The lowest BCUT2D eigenvalue weighted by Gasteiger charge is -2.18. The van der Waals surface area contributed by atoms with E-state index in [0.717, 1.165) is 0 Å². The molecule has 1 heterocycles. The lowest BCUT2D eigenvalue weighted by molar-refractivity contribution is -0.140. The van der Waals surface area contributed by atoms with E-state index in [9.17, 15) is 19.2 Å². The second-order valence-corrected chi connectivity index (χ2v) is 6.83. The van der Waals surface area contributed by atoms with Gasteiger partial charge in [0.25, 0.3) is 0 Å². The Morgan fingerprint density at radius 1 is 1.26 bits per heavy atom. The minimum absolute atomic E-state index is 0.0117. The molecule has 0 aliphatic carbocycles. The van der Waals surface area contributed by atoms with Gasteiger partial charge in [0.05, 0.1) is 13.5 Å². The Balaban J connectivity index is 1.90. The highest BCUT2D eigenvalue weighted by Crippen LogP contribution is 2.22. The zero-order valence-electron chi connectivity index (χ0n) is 17.6. The molecule has 1 aromatic rings. The first-order valence-electron chi connectivity index (χ1n) is 9.47. The van der Waals surface area contributed by atoms with Crippen molar-refractivity contribution in [2.75, 3.05) is 39.2 Å². The number of esters is 1. The molecule has 1 saturated heterocycles. The van der Waals surface area contributed by atoms with Crippen LogP contribution >= 0.6 is 0 Å². The summed E-state index contributed by atoms with van der Waals surface area (Å²) in [6.45, 7) is 0.534. The molecule has 0 saturated carbocycles. The van der Waals surface area contributed by atoms with Gasteiger partial charge in [-0.2, -0.15) is 0 Å². The number of ether oxygens (including phenoxy) is 1. The molecule has 4 amide bonds. The molecule has 31 heavy (non-hydrogen) atoms. The van der Waals surface area contributed by atoms with Crippen LogP contribution in [0.25, 0.3) is 0 Å². The summed E-state index contributed by atoms with van der Waals surface area (Å²) >= 11 is 0. The summed E-state index contributed by atoms with van der Waals surface area (Å²) < 4.78 is 4.49. The number of nitrogens with one attached hydrogen (secondary N) is 2. The van der Waals surface area contributed by atoms with Crippen molar-refractivity contribution in [1.82, 2.24) is 15.5 Å². The van der Waals surface area contributed by atoms with Crippen LogP contribution in [0.5, 0.6) is 0 Å². The van der Waals surface area contributed by atoms with Gasteiger partial charge in [0, 0.05) is 38.4 Å². The van der Waals surface area contributed by atoms with Crippen molar-refractivity contribution >= 4 is 35.5 Å². The molecule has 0 spiro atoms. The van der Waals surface area contributed by atoms with Crippen molar-refractivity contribution in [3.63, 3.8) is 0 Å². The smallest absolute Gasteiger partial charge is 0.435 e. The van der Waals surface area contributed by atoms with E-state index in [1.807, 2.05) is 0 Å². The van der Waals surface area contributed by atoms with Crippen LogP contribution in [0.1, 0.15) is 18.4 Å². The SMILES string of the molecule is COC(=O)CCNC(=O)N[C@H]1CCN(c2ccc(C(N)=NOC(=O)N(C)C)cc2)C1=O. The summed E-state index contributed by atoms with van der Waals surface area (Å²) in [5, 5.41) is 8.69. The van der Waals surface area contributed by atoms with E-state index in [2.05, 4.69) is 25.4 Å². The Hall–Kier alpha value is -3.83. The average Bonchev–Trinajstić information content (AvgIpc) is 3.11. The van der Waals surface area contributed by atoms with Crippen molar-refractivity contribution in [3.05, 3.63) is 29.8 Å². The number of hydrogen-bond acceptors (Lipinski definition) is 7. The Morgan fingerprint density at radius 3 is 2.55 bits per heavy atom. The molecular formula is C19H26N6O6. The number of carbonyl (C=O) groups is 4. The first-order chi connectivity index (χ1) is 14.7. The number of anilines is 1. The van der Waals surface area contributed by atoms with Gasteiger partial charge in [-0.05, 0) is 30.7 Å². The fourth-order valence-electron chi connectivity index (χ4n) is 2.69. The number of oxime groups is 1. The van der Waals surface area contributed by atoms with E-state index >= 15 is 0 Å². The number of nitrogens with zero attached hydrogens (tertiary/aromatic N) is 3. The van der Waals surface area contributed by atoms with Gasteiger partial charge < -0.3 is 30.9 Å². The molecule has 1 atom stereocenters. The summed E-state index contributed by atoms with van der Waals surface area (Å²) in [5.41, 5.74) is 6.95. The Bertz CT molecular complexity index is 854. The summed E-state index contributed by atoms with van der Waals surface area (Å²) in [4.78, 5) is 54.4. The van der Waals surface area contributed by atoms with E-state index in [1.165, 1.54) is 26.1 Å². The van der Waals surface area contributed by atoms with Gasteiger partial charge in [0.2, 0.25) is 5.91 Å². The summed E-state index contributed by atoms with van der Waals surface area (Å²) in [6, 6.07) is 5.45. The highest BCUT2D eigenvalue weighted by Gasteiger charge is 2.33. The highest BCUT2D eigenvalue weighted by atomic mass is 16.7. The fourth-order valence-corrected chi connectivity index (χ4v) is 2.69. The summed E-state index contributed by atoms with van der Waals surface area (Å²) in [5.74, 6) is -0.677. The number of methoxy groups -OCH3 is 1. The van der Waals surface area contributed by atoms with Crippen molar-refractivity contribution in [2.24, 2.45) is 10.9 Å². The molecule has 1 aromatic carbocycles. The first kappa shape index (κ1) is 23.4. The minimum Gasteiger partial charge on any atom is -0.469 e. The summed E-state index contributed by atoms with van der Waals surface area (Å²) in [7, 11) is 4.30. The van der Waals surface area contributed by atoms with Crippen LogP contribution in [0.15, 0.2) is 29.4 Å². The lowest BCUT2D eigenvalue weighted by atomic mass is 10.2. The maximum absolute atomic E-state index is 12.6. The fraction of sp³-hybridized carbons (Fsp3) is 0.421. The highest BCUT2D eigenvalue weighted by molar-refractivity contribution is 6.02. The van der Waals surface area contributed by atoms with Crippen molar-refractivity contribution in [2.45, 2.75) is 18.9 Å². The molecule has 2 rings (SSSR count). The monoisotopic (exact) mass is 434 g/mol. The molecule has 0 unspecified atom stereocenters. The van der Waals surface area contributed by atoms with Crippen LogP contribution in [-0.2, 0) is 19.2 Å². The molecule has 12 nitrogen and oxygen atoms in total. The van der Waals surface area contributed by atoms with Gasteiger partial charge in [0.15, 0.2) is 5.84 Å². The van der Waals surface area contributed by atoms with Gasteiger partial charge in [0.1, 0.15) is 6.04 Å². The minimum atomic E-state index is -0.671. The molecule has 1 aliphatic rings. The number of benzene rings is 1. The molecule has 0 aromatic heterocycles. The zero-order valence-corrected chi connectivity index (χ0v) is 17.6. The quantitative estimate of drug-likeness (QED) is 0.179. The average molecular weight is 434 g/mol. The predicted molar refractivity (Wildman–Crippen MR) is 111 cm³/mol. The number of amides is 4. The number of amidine groups is 1. The normalized spacial score (nSPS) is 16.0. The number of nitrogens with two attached hydrogens (primary N) is 1. The number of carbonyl (C=O) groups excluding carboxylic acids is 4. The first-order valence-corrected chi connectivity index (χ1v) is 9.47. The lowest BCUT2D eigenvalue weighted by Crippen LogP contribution is -2.46. The molecule has 168 valence electrons. The number of hydrogen-bond donors (Lipinski definition) is 3. The Morgan fingerprint density at radius 2 is 1.94 bits per heavy atom. The van der Waals surface area contributed by atoms with E-state index in [0.29, 0.717) is 24.2 Å². The van der Waals surface area contributed by atoms with E-state index in [1.54, 1.807) is 29.2 Å². The maximum Gasteiger partial charge on any atom is 0.435 e. The van der Waals surface area contributed by atoms with Crippen molar-refractivity contribution in [3.8, 4) is 0 Å². The molecule has 1 aliphatic heterocycles. The van der Waals surface area contributed by atoms with Crippen LogP contribution in [0.4, 0.5) is 15.3 Å². The molecule has 0 radical (unpaired) electrons. The zero-order chi connectivity index (χ0) is 23.0. The third kappa shape index (κ3) is 6.59. The van der Waals surface area contributed by atoms with E-state index < -0.39 is 24.1 Å². The van der Waals surface area contributed by atoms with Crippen molar-refractivity contribution in [1.29, 1.82) is 0 Å². The second-order valence-electron chi connectivity index (χ2n) is 6.83. The topological polar surface area (TPSA) is 156 Å². The second kappa shape index (κ2) is 10.8. The third-order valence-electron chi connectivity index (χ3n) is 4.42. The maximum atomic E-state index is 12.6. The Labute approximate surface area is 179 Å². The van der Waals surface area contributed by atoms with Gasteiger partial charge in [-0.25, -0.2) is 9.59 Å². The number of urea groups is 1. The van der Waals surface area contributed by atoms with Crippen molar-refractivity contribution < 1.29 is 28.8 Å². The van der Waals surface area contributed by atoms with Crippen LogP contribution in [-0.4, -0.2) is 75.1 Å². The van der Waals surface area contributed by atoms with Gasteiger partial charge in [-0.1, -0.05) is 5.16 Å². The predicted octanol–water partition coefficient (Wildman–Crippen LogP) is -0.0273. The van der Waals surface area contributed by atoms with Gasteiger partial charge in [-0.3, -0.25) is 14.4 Å². The number of rotatable bonds is 7. The molecule has 4 N–H and O–H groups in total. The molecule has 0 bridgehead atoms. The molecule has 12 heteroatoms. The molecular weight excluding hydrogens is 408 g/mol. The van der Waals surface area contributed by atoms with Crippen LogP contribution < -0.4 is 21.3 Å². The third-order valence-corrected chi connectivity index (χ3v) is 4.42. The van der Waals surface area contributed by atoms with Crippen LogP contribution in [0.2, 0.25) is 0 Å². The standard InChI is InChI=1S/C19H26N6O6/c1-24(2)19(29)31-23-16(20)12-4-6-13(7-5-12)25-11-9-14(17(25)27)22-18(28)21-10-8-15(26)30-3/h4-7,14H,8-11H2,1-3H3,(H2,20,23)(H2,21,22,28)/t14-/m0/s1. The largest absolute Gasteiger partial charge is 0.469 e. The van der Waals surface area contributed by atoms with Gasteiger partial charge >= 0.3 is 18.1 Å². The van der Waals surface area contributed by atoms with E-state index in [-0.39, 0.29) is 24.7 Å². The van der Waals surface area contributed by atoms with Crippen LogP contribution in [0.3, 0.4) is 0 Å².